The van der Waals surface area contributed by atoms with Gasteiger partial charge < -0.3 is 9.84 Å². The summed E-state index contributed by atoms with van der Waals surface area (Å²) in [7, 11) is 0. The Hall–Kier alpha value is -1.60. The van der Waals surface area contributed by atoms with Gasteiger partial charge in [0.2, 0.25) is 0 Å². The van der Waals surface area contributed by atoms with Crippen LogP contribution in [-0.2, 0) is 19.1 Å². The Morgan fingerprint density at radius 3 is 2.45 bits per heavy atom. The summed E-state index contributed by atoms with van der Waals surface area (Å²) in [5, 5.41) is 11.2. The van der Waals surface area contributed by atoms with E-state index >= 15 is 4.39 Å². The molecule has 3 aliphatic carbocycles. The van der Waals surface area contributed by atoms with Crippen molar-refractivity contribution < 1.29 is 33.0 Å². The minimum absolute atomic E-state index is 0.0387. The molecule has 0 bridgehead atoms. The summed E-state index contributed by atoms with van der Waals surface area (Å²) >= 11 is 5.97. The molecular weight excluding hydrogens is 454 g/mol. The van der Waals surface area contributed by atoms with E-state index in [9.17, 15) is 23.9 Å². The zero-order valence-electron chi connectivity index (χ0n) is 19.5. The molecule has 0 radical (unpaired) electrons. The van der Waals surface area contributed by atoms with Gasteiger partial charge >= 0.3 is 5.97 Å². The van der Waals surface area contributed by atoms with Crippen LogP contribution in [0.25, 0.3) is 0 Å². The molecule has 0 aliphatic heterocycles. The molecule has 1 N–H and O–H groups in total. The van der Waals surface area contributed by atoms with Gasteiger partial charge in [-0.25, -0.2) is 8.78 Å². The van der Waals surface area contributed by atoms with Gasteiger partial charge in [-0.05, 0) is 43.4 Å². The van der Waals surface area contributed by atoms with Crippen LogP contribution in [0.1, 0.15) is 53.4 Å². The maximum absolute atomic E-state index is 16.8. The number of carbonyl (C=O) groups is 3. The summed E-state index contributed by atoms with van der Waals surface area (Å²) in [6.45, 7) is 6.66. The van der Waals surface area contributed by atoms with Crippen LogP contribution in [0.4, 0.5) is 8.78 Å². The summed E-state index contributed by atoms with van der Waals surface area (Å²) in [5.74, 6) is -4.84. The van der Waals surface area contributed by atoms with E-state index in [-0.39, 0.29) is 19.3 Å². The fraction of sp³-hybridized carbons (Fsp3) is 0.720. The van der Waals surface area contributed by atoms with Crippen molar-refractivity contribution in [2.45, 2.75) is 76.9 Å². The lowest BCUT2D eigenvalue weighted by molar-refractivity contribution is -0.216. The number of esters is 1. The second-order valence-electron chi connectivity index (χ2n) is 10.1. The van der Waals surface area contributed by atoms with E-state index in [1.54, 1.807) is 27.7 Å². The largest absolute Gasteiger partial charge is 0.450 e. The third-order valence-electron chi connectivity index (χ3n) is 8.44. The Bertz CT molecular complexity index is 875. The van der Waals surface area contributed by atoms with Crippen molar-refractivity contribution in [1.29, 1.82) is 0 Å². The Balaban J connectivity index is 2.19. The fourth-order valence-corrected chi connectivity index (χ4v) is 7.04. The Labute approximate surface area is 198 Å². The molecule has 9 atom stereocenters. The van der Waals surface area contributed by atoms with Crippen LogP contribution in [0.15, 0.2) is 24.3 Å². The third kappa shape index (κ3) is 3.89. The molecule has 0 aromatic heterocycles. The molecule has 3 aliphatic rings. The van der Waals surface area contributed by atoms with E-state index in [1.165, 1.54) is 12.2 Å². The monoisotopic (exact) mass is 486 g/mol. The van der Waals surface area contributed by atoms with E-state index in [0.29, 0.717) is 6.42 Å². The number of alkyl halides is 3. The van der Waals surface area contributed by atoms with Crippen LogP contribution in [0.5, 0.6) is 0 Å². The average Bonchev–Trinajstić information content (AvgIpc) is 2.99. The van der Waals surface area contributed by atoms with Gasteiger partial charge in [-0.15, -0.1) is 11.6 Å². The number of aliphatic hydroxyl groups is 1. The average molecular weight is 487 g/mol. The SMILES string of the molecule is CCC(=O)OC1(C(=O)CCl)C(C)CC2C3CC(F)C=CC(=O)C=CC(C)C3(F)C(O)CC21C. The molecule has 8 heteroatoms. The molecule has 0 amide bonds. The van der Waals surface area contributed by atoms with Crippen molar-refractivity contribution in [3.63, 3.8) is 0 Å². The van der Waals surface area contributed by atoms with Gasteiger partial charge in [-0.2, -0.15) is 0 Å². The summed E-state index contributed by atoms with van der Waals surface area (Å²) in [6.07, 6.45) is 1.58. The highest BCUT2D eigenvalue weighted by molar-refractivity contribution is 6.29. The standard InChI is InChI=1S/C25H33ClF2O5/c1-5-22(32)33-25(21(31)13-26)15(3)10-18-19-11-16(27)7-9-17(29)8-6-14(2)24(19,28)20(30)12-23(18,25)4/h6-9,14-16,18-20,30H,5,10-13H2,1-4H3. The zero-order chi connectivity index (χ0) is 24.8. The molecule has 0 heterocycles. The van der Waals surface area contributed by atoms with Crippen LogP contribution in [0.2, 0.25) is 0 Å². The summed E-state index contributed by atoms with van der Waals surface area (Å²) in [4.78, 5) is 37.6. The lowest BCUT2D eigenvalue weighted by atomic mass is 9.51. The minimum atomic E-state index is -2.23. The van der Waals surface area contributed by atoms with Crippen molar-refractivity contribution in [2.75, 3.05) is 5.88 Å². The smallest absolute Gasteiger partial charge is 0.306 e. The first-order valence-corrected chi connectivity index (χ1v) is 12.1. The number of hydrogen-bond acceptors (Lipinski definition) is 5. The van der Waals surface area contributed by atoms with Gasteiger partial charge in [-0.3, -0.25) is 14.4 Å². The Kier molecular flexibility index (Phi) is 7.26. The number of rotatable bonds is 4. The van der Waals surface area contributed by atoms with Crippen molar-refractivity contribution in [3.8, 4) is 0 Å². The first-order valence-electron chi connectivity index (χ1n) is 11.6. The molecule has 33 heavy (non-hydrogen) atoms. The van der Waals surface area contributed by atoms with Crippen LogP contribution in [-0.4, -0.2) is 52.1 Å². The number of carbonyl (C=O) groups excluding carboxylic acids is 3. The number of Topliss-reactive ketones (excluding diaryl/α,β-unsaturated/α-hetero) is 1. The zero-order valence-corrected chi connectivity index (χ0v) is 20.3. The van der Waals surface area contributed by atoms with E-state index in [0.717, 1.165) is 12.2 Å². The van der Waals surface area contributed by atoms with Crippen LogP contribution < -0.4 is 0 Å². The maximum Gasteiger partial charge on any atom is 0.306 e. The topological polar surface area (TPSA) is 80.7 Å². The van der Waals surface area contributed by atoms with Gasteiger partial charge in [0.25, 0.3) is 0 Å². The molecule has 0 saturated heterocycles. The molecule has 2 saturated carbocycles. The second kappa shape index (κ2) is 9.21. The summed E-state index contributed by atoms with van der Waals surface area (Å²) < 4.78 is 37.7. The molecule has 3 rings (SSSR count). The van der Waals surface area contributed by atoms with Crippen molar-refractivity contribution >= 4 is 29.1 Å². The first-order chi connectivity index (χ1) is 15.4. The number of ether oxygens (including phenoxy) is 1. The van der Waals surface area contributed by atoms with Crippen molar-refractivity contribution in [1.82, 2.24) is 0 Å². The van der Waals surface area contributed by atoms with E-state index in [4.69, 9.17) is 16.3 Å². The number of fused-ring (bicyclic) bond motifs is 3. The highest BCUT2D eigenvalue weighted by Crippen LogP contribution is 2.67. The van der Waals surface area contributed by atoms with Gasteiger partial charge in [0, 0.05) is 29.6 Å². The van der Waals surface area contributed by atoms with E-state index in [1.807, 2.05) is 0 Å². The number of ketones is 2. The number of halogens is 3. The maximum atomic E-state index is 16.8. The van der Waals surface area contributed by atoms with Gasteiger partial charge in [0.05, 0.1) is 12.0 Å². The van der Waals surface area contributed by atoms with Crippen LogP contribution in [0, 0.1) is 29.1 Å². The molecular formula is C25H33ClF2O5. The Morgan fingerprint density at radius 2 is 1.85 bits per heavy atom. The van der Waals surface area contributed by atoms with Crippen LogP contribution >= 0.6 is 11.6 Å². The van der Waals surface area contributed by atoms with E-state index < -0.39 is 76.0 Å². The van der Waals surface area contributed by atoms with Crippen molar-refractivity contribution in [3.05, 3.63) is 24.3 Å². The number of aliphatic hydroxyl groups excluding tert-OH is 1. The molecule has 0 aromatic carbocycles. The predicted octanol–water partition coefficient (Wildman–Crippen LogP) is 4.30. The lowest BCUT2D eigenvalue weighted by Gasteiger charge is -2.57. The van der Waals surface area contributed by atoms with E-state index in [2.05, 4.69) is 0 Å². The summed E-state index contributed by atoms with van der Waals surface area (Å²) in [6, 6.07) is 0. The lowest BCUT2D eigenvalue weighted by Crippen LogP contribution is -2.66. The summed E-state index contributed by atoms with van der Waals surface area (Å²) in [5.41, 5.74) is -5.01. The minimum Gasteiger partial charge on any atom is -0.450 e. The highest BCUT2D eigenvalue weighted by Gasteiger charge is 2.74. The molecule has 5 nitrogen and oxygen atoms in total. The molecule has 0 aromatic rings. The molecule has 9 unspecified atom stereocenters. The third-order valence-corrected chi connectivity index (χ3v) is 8.69. The van der Waals surface area contributed by atoms with Gasteiger partial charge in [0.15, 0.2) is 17.2 Å². The highest BCUT2D eigenvalue weighted by atomic mass is 35.5. The normalized spacial score (nSPS) is 45.3. The quantitative estimate of drug-likeness (QED) is 0.473. The molecule has 2 fully saturated rings. The second-order valence-corrected chi connectivity index (χ2v) is 10.4. The Morgan fingerprint density at radius 1 is 1.21 bits per heavy atom. The fourth-order valence-electron chi connectivity index (χ4n) is 6.84. The number of allylic oxidation sites excluding steroid dienone is 4. The van der Waals surface area contributed by atoms with Gasteiger partial charge in [-0.1, -0.05) is 33.8 Å². The molecule has 184 valence electrons. The van der Waals surface area contributed by atoms with Gasteiger partial charge in [0.1, 0.15) is 11.8 Å². The van der Waals surface area contributed by atoms with Crippen LogP contribution in [0.3, 0.4) is 0 Å². The first kappa shape index (κ1) is 26.0. The molecule has 0 spiro atoms. The van der Waals surface area contributed by atoms with Crippen molar-refractivity contribution in [2.24, 2.45) is 29.1 Å². The predicted molar refractivity (Wildman–Crippen MR) is 120 cm³/mol. The number of hydrogen-bond donors (Lipinski definition) is 1.